The molecule has 1 aromatic carbocycles. The summed E-state index contributed by atoms with van der Waals surface area (Å²) in [4.78, 5) is 28.2. The predicted octanol–water partition coefficient (Wildman–Crippen LogP) is 1.54. The molecule has 1 N–H and O–H groups in total. The molecule has 0 bridgehead atoms. The number of halogens is 2. The van der Waals surface area contributed by atoms with Gasteiger partial charge in [-0.2, -0.15) is 5.10 Å². The summed E-state index contributed by atoms with van der Waals surface area (Å²) < 4.78 is 14.6. The predicted molar refractivity (Wildman–Crippen MR) is 104 cm³/mol. The topological polar surface area (TPSA) is 70.5 Å². The molecule has 0 atom stereocenters. The van der Waals surface area contributed by atoms with E-state index in [-0.39, 0.29) is 22.8 Å². The fraction of sp³-hybridized carbons (Fsp3) is 0.421. The highest BCUT2D eigenvalue weighted by Crippen LogP contribution is 2.23. The van der Waals surface area contributed by atoms with E-state index in [1.54, 1.807) is 35.7 Å². The van der Waals surface area contributed by atoms with Crippen molar-refractivity contribution in [3.05, 3.63) is 52.1 Å². The lowest BCUT2D eigenvalue weighted by molar-refractivity contribution is -0.122. The van der Waals surface area contributed by atoms with Gasteiger partial charge in [0.1, 0.15) is 11.0 Å². The second kappa shape index (κ2) is 8.70. The quantitative estimate of drug-likeness (QED) is 0.816. The summed E-state index contributed by atoms with van der Waals surface area (Å²) in [6, 6.07) is 6.08. The van der Waals surface area contributed by atoms with Crippen LogP contribution in [0.25, 0.3) is 0 Å². The number of nitrogens with zero attached hydrogens (tertiary/aromatic N) is 4. The largest absolute Gasteiger partial charge is 0.358 e. The first-order chi connectivity index (χ1) is 13.4. The smallest absolute Gasteiger partial charge is 0.258 e. The van der Waals surface area contributed by atoms with E-state index < -0.39 is 0 Å². The van der Waals surface area contributed by atoms with E-state index in [4.69, 9.17) is 11.6 Å². The summed E-state index contributed by atoms with van der Waals surface area (Å²) in [6.45, 7) is 4.73. The van der Waals surface area contributed by atoms with Crippen LogP contribution in [0.2, 0.25) is 5.15 Å². The number of nitrogens with one attached hydrogen (secondary N) is 1. The van der Waals surface area contributed by atoms with Crippen LogP contribution in [0.4, 0.5) is 4.39 Å². The number of hydrogen-bond donors (Lipinski definition) is 1. The molecule has 150 valence electrons. The van der Waals surface area contributed by atoms with Crippen LogP contribution < -0.4 is 5.32 Å². The van der Waals surface area contributed by atoms with Crippen LogP contribution in [0.3, 0.4) is 0 Å². The van der Waals surface area contributed by atoms with Gasteiger partial charge in [0.25, 0.3) is 5.91 Å². The SMILES string of the molecule is CNC(=O)CN1CCN(C(=O)c2c(C)nn(Cc3ccc(F)cc3)c2Cl)CC1. The molecule has 1 saturated heterocycles. The van der Waals surface area contributed by atoms with Gasteiger partial charge in [0, 0.05) is 33.2 Å². The number of carbonyl (C=O) groups excluding carboxylic acids is 2. The lowest BCUT2D eigenvalue weighted by Gasteiger charge is -2.34. The number of rotatable bonds is 5. The van der Waals surface area contributed by atoms with Crippen molar-refractivity contribution >= 4 is 23.4 Å². The third-order valence-corrected chi connectivity index (χ3v) is 5.21. The van der Waals surface area contributed by atoms with Gasteiger partial charge in [-0.25, -0.2) is 9.07 Å². The minimum absolute atomic E-state index is 0.0410. The van der Waals surface area contributed by atoms with E-state index >= 15 is 0 Å². The normalized spacial score (nSPS) is 14.9. The van der Waals surface area contributed by atoms with Crippen LogP contribution in [0.5, 0.6) is 0 Å². The molecule has 1 aliphatic heterocycles. The molecule has 7 nitrogen and oxygen atoms in total. The molecule has 1 aromatic heterocycles. The lowest BCUT2D eigenvalue weighted by Crippen LogP contribution is -2.51. The fourth-order valence-corrected chi connectivity index (χ4v) is 3.53. The molecule has 3 rings (SSSR count). The Bertz CT molecular complexity index is 860. The van der Waals surface area contributed by atoms with E-state index in [0.29, 0.717) is 50.5 Å². The Morgan fingerprint density at radius 1 is 1.18 bits per heavy atom. The van der Waals surface area contributed by atoms with Gasteiger partial charge in [0.2, 0.25) is 5.91 Å². The molecular formula is C19H23ClFN5O2. The second-order valence-electron chi connectivity index (χ2n) is 6.78. The van der Waals surface area contributed by atoms with Gasteiger partial charge in [-0.3, -0.25) is 14.5 Å². The molecule has 1 fully saturated rings. The van der Waals surface area contributed by atoms with Gasteiger partial charge in [0.05, 0.1) is 24.3 Å². The summed E-state index contributed by atoms with van der Waals surface area (Å²) >= 11 is 6.46. The highest BCUT2D eigenvalue weighted by molar-refractivity contribution is 6.33. The summed E-state index contributed by atoms with van der Waals surface area (Å²) in [5.74, 6) is -0.508. The van der Waals surface area contributed by atoms with E-state index in [1.807, 2.05) is 4.90 Å². The minimum atomic E-state index is -0.307. The first-order valence-electron chi connectivity index (χ1n) is 9.08. The van der Waals surface area contributed by atoms with Crippen molar-refractivity contribution in [3.63, 3.8) is 0 Å². The van der Waals surface area contributed by atoms with E-state index in [2.05, 4.69) is 10.4 Å². The Labute approximate surface area is 168 Å². The van der Waals surface area contributed by atoms with Crippen molar-refractivity contribution in [1.29, 1.82) is 0 Å². The molecule has 2 aromatic rings. The minimum Gasteiger partial charge on any atom is -0.358 e. The zero-order valence-electron chi connectivity index (χ0n) is 15.9. The Kier molecular flexibility index (Phi) is 6.31. The number of carbonyl (C=O) groups is 2. The standard InChI is InChI=1S/C19H23ClFN5O2/c1-13-17(18(20)26(23-13)11-14-3-5-15(21)6-4-14)19(28)25-9-7-24(8-10-25)12-16(27)22-2/h3-6H,7-12H2,1-2H3,(H,22,27). The average Bonchev–Trinajstić information content (AvgIpc) is 2.96. The molecule has 0 aliphatic carbocycles. The molecule has 0 saturated carbocycles. The van der Waals surface area contributed by atoms with Crippen LogP contribution in [-0.2, 0) is 11.3 Å². The van der Waals surface area contributed by atoms with Gasteiger partial charge in [-0.05, 0) is 24.6 Å². The maximum absolute atomic E-state index is 13.1. The monoisotopic (exact) mass is 407 g/mol. The van der Waals surface area contributed by atoms with Gasteiger partial charge in [-0.1, -0.05) is 23.7 Å². The van der Waals surface area contributed by atoms with Crippen LogP contribution in [-0.4, -0.2) is 71.2 Å². The average molecular weight is 408 g/mol. The number of aromatic nitrogens is 2. The van der Waals surface area contributed by atoms with Gasteiger partial charge < -0.3 is 10.2 Å². The van der Waals surface area contributed by atoms with Crippen molar-refractivity contribution < 1.29 is 14.0 Å². The molecule has 28 heavy (non-hydrogen) atoms. The van der Waals surface area contributed by atoms with Gasteiger partial charge >= 0.3 is 0 Å². The molecule has 1 aliphatic rings. The van der Waals surface area contributed by atoms with Crippen molar-refractivity contribution in [3.8, 4) is 0 Å². The van der Waals surface area contributed by atoms with Crippen molar-refractivity contribution in [1.82, 2.24) is 24.9 Å². The zero-order chi connectivity index (χ0) is 20.3. The van der Waals surface area contributed by atoms with Crippen LogP contribution >= 0.6 is 11.6 Å². The second-order valence-corrected chi connectivity index (χ2v) is 7.13. The zero-order valence-corrected chi connectivity index (χ0v) is 16.7. The highest BCUT2D eigenvalue weighted by atomic mass is 35.5. The van der Waals surface area contributed by atoms with Crippen molar-refractivity contribution in [2.24, 2.45) is 0 Å². The van der Waals surface area contributed by atoms with Gasteiger partial charge in [0.15, 0.2) is 0 Å². The first-order valence-corrected chi connectivity index (χ1v) is 9.46. The maximum atomic E-state index is 13.1. The number of hydrogen-bond acceptors (Lipinski definition) is 4. The summed E-state index contributed by atoms with van der Waals surface area (Å²) in [7, 11) is 1.61. The Morgan fingerprint density at radius 3 is 2.43 bits per heavy atom. The lowest BCUT2D eigenvalue weighted by atomic mass is 10.2. The first kappa shape index (κ1) is 20.3. The van der Waals surface area contributed by atoms with Crippen molar-refractivity contribution in [2.45, 2.75) is 13.5 Å². The van der Waals surface area contributed by atoms with E-state index in [9.17, 15) is 14.0 Å². The Morgan fingerprint density at radius 2 is 1.82 bits per heavy atom. The third kappa shape index (κ3) is 4.51. The van der Waals surface area contributed by atoms with E-state index in [1.165, 1.54) is 12.1 Å². The summed E-state index contributed by atoms with van der Waals surface area (Å²) in [6.07, 6.45) is 0. The number of amides is 2. The summed E-state index contributed by atoms with van der Waals surface area (Å²) in [5.41, 5.74) is 1.79. The molecule has 2 amide bonds. The van der Waals surface area contributed by atoms with Crippen LogP contribution in [0.1, 0.15) is 21.6 Å². The molecule has 0 radical (unpaired) electrons. The van der Waals surface area contributed by atoms with Gasteiger partial charge in [-0.15, -0.1) is 0 Å². The van der Waals surface area contributed by atoms with Crippen LogP contribution in [0.15, 0.2) is 24.3 Å². The molecular weight excluding hydrogens is 385 g/mol. The maximum Gasteiger partial charge on any atom is 0.258 e. The molecule has 0 unspecified atom stereocenters. The van der Waals surface area contributed by atoms with Crippen LogP contribution in [0, 0.1) is 12.7 Å². The number of piperazine rings is 1. The summed E-state index contributed by atoms with van der Waals surface area (Å²) in [5, 5.41) is 7.27. The molecule has 0 spiro atoms. The third-order valence-electron chi connectivity index (χ3n) is 4.83. The Hall–Kier alpha value is -2.45. The molecule has 9 heteroatoms. The number of likely N-dealkylation sites (N-methyl/N-ethyl adjacent to an activating group) is 1. The van der Waals surface area contributed by atoms with Crippen molar-refractivity contribution in [2.75, 3.05) is 39.8 Å². The fourth-order valence-electron chi connectivity index (χ4n) is 3.21. The van der Waals surface area contributed by atoms with E-state index in [0.717, 1.165) is 5.56 Å². The number of aryl methyl sites for hydroxylation is 1. The molecule has 2 heterocycles. The highest BCUT2D eigenvalue weighted by Gasteiger charge is 2.28. The number of benzene rings is 1. The Balaban J connectivity index is 1.68.